The van der Waals surface area contributed by atoms with Crippen molar-refractivity contribution in [3.8, 4) is 33.8 Å². The lowest BCUT2D eigenvalue weighted by Gasteiger charge is -2.13. The zero-order chi connectivity index (χ0) is 28.6. The van der Waals surface area contributed by atoms with Crippen LogP contribution in [-0.4, -0.2) is 16.0 Å². The summed E-state index contributed by atoms with van der Waals surface area (Å²) >= 11 is 0. The summed E-state index contributed by atoms with van der Waals surface area (Å²) in [4.78, 5) is 39.7. The average molecular weight is 538 g/mol. The lowest BCUT2D eigenvalue weighted by atomic mass is 10.0. The number of azide groups is 2. The Morgan fingerprint density at radius 1 is 0.650 bits per heavy atom. The van der Waals surface area contributed by atoms with E-state index in [0.717, 1.165) is 12.1 Å². The van der Waals surface area contributed by atoms with Gasteiger partial charge in [-0.3, -0.25) is 20.2 Å². The Balaban J connectivity index is 1.68. The monoisotopic (exact) mass is 538 g/mol. The molecule has 0 bridgehead atoms. The molecule has 0 saturated heterocycles. The Morgan fingerprint density at radius 3 is 1.35 bits per heavy atom. The van der Waals surface area contributed by atoms with Crippen LogP contribution in [0.3, 0.4) is 0 Å². The minimum absolute atomic E-state index is 0.0747. The Hall–Kier alpha value is -6.43. The van der Waals surface area contributed by atoms with E-state index in [2.05, 4.69) is 20.1 Å². The van der Waals surface area contributed by atoms with Gasteiger partial charge in [0.1, 0.15) is 11.5 Å². The second kappa shape index (κ2) is 11.7. The van der Waals surface area contributed by atoms with Crippen molar-refractivity contribution >= 4 is 28.9 Å². The zero-order valence-electron chi connectivity index (χ0n) is 20.0. The first-order valence-electron chi connectivity index (χ1n) is 11.1. The van der Waals surface area contributed by atoms with Gasteiger partial charge in [0, 0.05) is 56.6 Å². The highest BCUT2D eigenvalue weighted by Gasteiger charge is 2.20. The zero-order valence-corrected chi connectivity index (χ0v) is 20.0. The Bertz CT molecular complexity index is 1600. The number of nitrogens with zero attached hydrogens (tertiary/aromatic N) is 8. The molecule has 0 N–H and O–H groups in total. The number of nitro benzene ring substituents is 2. The summed E-state index contributed by atoms with van der Waals surface area (Å²) in [6.07, 6.45) is -1.22. The number of non-ortho nitro benzene ring substituents is 2. The van der Waals surface area contributed by atoms with Crippen molar-refractivity contribution in [3.05, 3.63) is 126 Å². The molecular formula is C25H14N8O7. The number of rotatable bonds is 8. The molecule has 0 aliphatic carbocycles. The van der Waals surface area contributed by atoms with E-state index in [4.69, 9.17) is 20.5 Å². The van der Waals surface area contributed by atoms with Gasteiger partial charge in [-0.05, 0) is 34.3 Å². The molecular weight excluding hydrogens is 524 g/mol. The quantitative estimate of drug-likeness (QED) is 0.0405. The molecule has 4 aromatic rings. The number of nitro groups is 2. The standard InChI is InChI=1S/C25H14N8O7/c26-30-28-17-5-1-15(2-6-17)21-13-19(32(35)36)9-11-23(21)39-25(34)40-24-12-10-20(33(37)38)14-22(24)16-3-7-18(8-4-16)29-31-27/h1-14H. The van der Waals surface area contributed by atoms with Gasteiger partial charge in [0.2, 0.25) is 0 Å². The topological polar surface area (TPSA) is 219 Å². The molecule has 0 aliphatic rings. The Kier molecular flexibility index (Phi) is 7.82. The molecule has 4 rings (SSSR count). The predicted octanol–water partition coefficient (Wildman–Crippen LogP) is 8.30. The first kappa shape index (κ1) is 26.6. The van der Waals surface area contributed by atoms with E-state index in [0.29, 0.717) is 22.5 Å². The van der Waals surface area contributed by atoms with Crippen LogP contribution in [0.5, 0.6) is 11.5 Å². The lowest BCUT2D eigenvalue weighted by molar-refractivity contribution is -0.385. The molecule has 0 amide bonds. The molecule has 0 aliphatic heterocycles. The van der Waals surface area contributed by atoms with Crippen LogP contribution >= 0.6 is 0 Å². The van der Waals surface area contributed by atoms with E-state index in [1.165, 1.54) is 72.8 Å². The van der Waals surface area contributed by atoms with Gasteiger partial charge in [0.15, 0.2) is 0 Å². The normalized spacial score (nSPS) is 10.0. The molecule has 40 heavy (non-hydrogen) atoms. The number of ether oxygens (including phenoxy) is 2. The third-order valence-corrected chi connectivity index (χ3v) is 5.41. The average Bonchev–Trinajstić information content (AvgIpc) is 2.94. The summed E-state index contributed by atoms with van der Waals surface area (Å²) < 4.78 is 10.8. The third-order valence-electron chi connectivity index (χ3n) is 5.41. The number of benzene rings is 4. The predicted molar refractivity (Wildman–Crippen MR) is 141 cm³/mol. The summed E-state index contributed by atoms with van der Waals surface area (Å²) in [5.74, 6) is -0.149. The fourth-order valence-electron chi connectivity index (χ4n) is 3.61. The van der Waals surface area contributed by atoms with Crippen molar-refractivity contribution in [2.45, 2.75) is 0 Å². The molecule has 0 aromatic heterocycles. The van der Waals surface area contributed by atoms with Gasteiger partial charge in [0.25, 0.3) is 11.4 Å². The van der Waals surface area contributed by atoms with Crippen LogP contribution in [0.4, 0.5) is 27.5 Å². The van der Waals surface area contributed by atoms with Crippen LogP contribution in [0.15, 0.2) is 95.2 Å². The van der Waals surface area contributed by atoms with Crippen LogP contribution < -0.4 is 9.47 Å². The van der Waals surface area contributed by atoms with Crippen LogP contribution in [0, 0.1) is 20.2 Å². The maximum absolute atomic E-state index is 12.8. The molecule has 0 fully saturated rings. The molecule has 0 saturated carbocycles. The van der Waals surface area contributed by atoms with Gasteiger partial charge in [-0.15, -0.1) is 0 Å². The summed E-state index contributed by atoms with van der Waals surface area (Å²) in [5, 5.41) is 29.6. The van der Waals surface area contributed by atoms with Crippen molar-refractivity contribution in [2.75, 3.05) is 0 Å². The van der Waals surface area contributed by atoms with E-state index in [1.54, 1.807) is 0 Å². The molecule has 0 atom stereocenters. The molecule has 196 valence electrons. The van der Waals surface area contributed by atoms with Gasteiger partial charge in [-0.25, -0.2) is 4.79 Å². The third kappa shape index (κ3) is 6.10. The molecule has 0 heterocycles. The van der Waals surface area contributed by atoms with Crippen molar-refractivity contribution in [2.24, 2.45) is 10.2 Å². The summed E-state index contributed by atoms with van der Waals surface area (Å²) in [5.41, 5.74) is 18.5. The van der Waals surface area contributed by atoms with Gasteiger partial charge >= 0.3 is 6.16 Å². The minimum Gasteiger partial charge on any atom is -0.394 e. The lowest BCUT2D eigenvalue weighted by Crippen LogP contribution is -2.15. The second-order valence-corrected chi connectivity index (χ2v) is 7.80. The number of carbonyl (C=O) groups excluding carboxylic acids is 1. The highest BCUT2D eigenvalue weighted by Crippen LogP contribution is 2.37. The Morgan fingerprint density at radius 2 is 1.02 bits per heavy atom. The molecule has 0 spiro atoms. The fourth-order valence-corrected chi connectivity index (χ4v) is 3.61. The first-order valence-corrected chi connectivity index (χ1v) is 11.1. The maximum atomic E-state index is 12.8. The number of hydrogen-bond acceptors (Lipinski definition) is 9. The highest BCUT2D eigenvalue weighted by molar-refractivity contribution is 5.80. The van der Waals surface area contributed by atoms with E-state index >= 15 is 0 Å². The minimum atomic E-state index is -1.22. The van der Waals surface area contributed by atoms with Crippen molar-refractivity contribution in [1.82, 2.24) is 0 Å². The molecule has 4 aromatic carbocycles. The van der Waals surface area contributed by atoms with Gasteiger partial charge in [-0.1, -0.05) is 58.8 Å². The van der Waals surface area contributed by atoms with E-state index in [9.17, 15) is 25.0 Å². The van der Waals surface area contributed by atoms with Crippen LogP contribution in [0.2, 0.25) is 0 Å². The smallest absolute Gasteiger partial charge is 0.394 e. The van der Waals surface area contributed by atoms with E-state index in [-0.39, 0.29) is 34.0 Å². The van der Waals surface area contributed by atoms with Gasteiger partial charge in [-0.2, -0.15) is 0 Å². The van der Waals surface area contributed by atoms with E-state index in [1.807, 2.05) is 0 Å². The molecule has 0 unspecified atom stereocenters. The largest absolute Gasteiger partial charge is 0.519 e. The Labute approximate surface area is 223 Å². The first-order chi connectivity index (χ1) is 19.3. The van der Waals surface area contributed by atoms with Crippen molar-refractivity contribution in [3.63, 3.8) is 0 Å². The van der Waals surface area contributed by atoms with Crippen LogP contribution in [0.25, 0.3) is 43.1 Å². The number of carbonyl (C=O) groups is 1. The number of hydrogen-bond donors (Lipinski definition) is 0. The SMILES string of the molecule is [N-]=[N+]=Nc1ccc(-c2cc([N+](=O)[O-])ccc2OC(=O)Oc2ccc([N+](=O)[O-])cc2-c2ccc(N=[N+]=[N-])cc2)cc1. The van der Waals surface area contributed by atoms with Gasteiger partial charge < -0.3 is 9.47 Å². The summed E-state index contributed by atoms with van der Waals surface area (Å²) in [6, 6.07) is 19.1. The summed E-state index contributed by atoms with van der Waals surface area (Å²) in [6.45, 7) is 0. The maximum Gasteiger partial charge on any atom is 0.519 e. The van der Waals surface area contributed by atoms with E-state index < -0.39 is 16.0 Å². The van der Waals surface area contributed by atoms with Crippen LogP contribution in [-0.2, 0) is 0 Å². The summed E-state index contributed by atoms with van der Waals surface area (Å²) in [7, 11) is 0. The fraction of sp³-hybridized carbons (Fsp3) is 0. The molecule has 15 heteroatoms. The molecule has 15 nitrogen and oxygen atoms in total. The second-order valence-electron chi connectivity index (χ2n) is 7.80. The van der Waals surface area contributed by atoms with Crippen molar-refractivity contribution < 1.29 is 24.1 Å². The van der Waals surface area contributed by atoms with Crippen LogP contribution in [0.1, 0.15) is 0 Å². The molecule has 0 radical (unpaired) electrons. The van der Waals surface area contributed by atoms with Crippen molar-refractivity contribution in [1.29, 1.82) is 0 Å². The van der Waals surface area contributed by atoms with Gasteiger partial charge in [0.05, 0.1) is 9.85 Å². The highest BCUT2D eigenvalue weighted by atomic mass is 16.7.